The largest absolute Gasteiger partial charge is 0.508 e. The number of hydrogen-bond donors (Lipinski definition) is 1. The van der Waals surface area contributed by atoms with Gasteiger partial charge in [-0.3, -0.25) is 0 Å². The van der Waals surface area contributed by atoms with Crippen LogP contribution in [0.5, 0.6) is 5.75 Å². The smallest absolute Gasteiger partial charge is 0.258 e. The quantitative estimate of drug-likeness (QED) is 0.779. The molecule has 3 rings (SSSR count). The maximum atomic E-state index is 9.43. The lowest BCUT2D eigenvalue weighted by atomic mass is 10.2. The highest BCUT2D eigenvalue weighted by Crippen LogP contribution is 2.25. The second-order valence-electron chi connectivity index (χ2n) is 3.98. The van der Waals surface area contributed by atoms with E-state index in [0.29, 0.717) is 17.3 Å². The van der Waals surface area contributed by atoms with Crippen molar-refractivity contribution < 1.29 is 9.63 Å². The zero-order chi connectivity index (χ0) is 13.2. The van der Waals surface area contributed by atoms with E-state index >= 15 is 0 Å². The maximum absolute atomic E-state index is 9.43. The Balaban J connectivity index is 1.97. The van der Waals surface area contributed by atoms with Gasteiger partial charge in [-0.2, -0.15) is 4.98 Å². The molecular formula is C14H9BrN2O2. The van der Waals surface area contributed by atoms with Gasteiger partial charge in [-0.25, -0.2) is 0 Å². The lowest BCUT2D eigenvalue weighted by Crippen LogP contribution is -1.81. The molecule has 1 N–H and O–H groups in total. The number of phenolic OH excluding ortho intramolecular Hbond substituents is 1. The second kappa shape index (κ2) is 4.85. The predicted octanol–water partition coefficient (Wildman–Crippen LogP) is 3.87. The Hall–Kier alpha value is -2.14. The summed E-state index contributed by atoms with van der Waals surface area (Å²) in [5, 5.41) is 13.4. The molecule has 94 valence electrons. The second-order valence-corrected chi connectivity index (χ2v) is 4.90. The first-order chi connectivity index (χ1) is 9.22. The number of halogens is 1. The van der Waals surface area contributed by atoms with E-state index in [2.05, 4.69) is 26.1 Å². The molecule has 0 atom stereocenters. The lowest BCUT2D eigenvalue weighted by Gasteiger charge is -1.95. The van der Waals surface area contributed by atoms with Gasteiger partial charge in [-0.15, -0.1) is 0 Å². The van der Waals surface area contributed by atoms with Crippen LogP contribution in [0.25, 0.3) is 22.8 Å². The molecule has 0 aliphatic rings. The first-order valence-electron chi connectivity index (χ1n) is 5.61. The normalized spacial score (nSPS) is 10.6. The highest BCUT2D eigenvalue weighted by molar-refractivity contribution is 9.10. The van der Waals surface area contributed by atoms with Crippen LogP contribution in [0.3, 0.4) is 0 Å². The van der Waals surface area contributed by atoms with E-state index in [1.165, 1.54) is 0 Å². The van der Waals surface area contributed by atoms with Crippen LogP contribution in [0.4, 0.5) is 0 Å². The average Bonchev–Trinajstić information content (AvgIpc) is 2.89. The standard InChI is InChI=1S/C14H9BrN2O2/c15-11-6-4-9(5-7-11)13-16-14(19-17-13)10-2-1-3-12(18)8-10/h1-8,18H. The SMILES string of the molecule is Oc1cccc(-c2nc(-c3ccc(Br)cc3)no2)c1. The Kier molecular flexibility index (Phi) is 3.05. The molecule has 2 aromatic carbocycles. The summed E-state index contributed by atoms with van der Waals surface area (Å²) in [5.74, 6) is 1.07. The molecule has 0 saturated carbocycles. The Labute approximate surface area is 117 Å². The zero-order valence-corrected chi connectivity index (χ0v) is 11.3. The molecule has 0 bridgehead atoms. The molecule has 5 heteroatoms. The van der Waals surface area contributed by atoms with Gasteiger partial charge in [0.05, 0.1) is 0 Å². The van der Waals surface area contributed by atoms with Crippen molar-refractivity contribution in [2.75, 3.05) is 0 Å². The molecule has 0 amide bonds. The van der Waals surface area contributed by atoms with E-state index in [1.54, 1.807) is 24.3 Å². The van der Waals surface area contributed by atoms with E-state index in [-0.39, 0.29) is 5.75 Å². The number of nitrogens with zero attached hydrogens (tertiary/aromatic N) is 2. The minimum Gasteiger partial charge on any atom is -0.508 e. The monoisotopic (exact) mass is 316 g/mol. The molecule has 3 aromatic rings. The number of phenols is 1. The Morgan fingerprint density at radius 1 is 1.00 bits per heavy atom. The van der Waals surface area contributed by atoms with Gasteiger partial charge in [-0.05, 0) is 42.5 Å². The summed E-state index contributed by atoms with van der Waals surface area (Å²) in [6, 6.07) is 14.4. The summed E-state index contributed by atoms with van der Waals surface area (Å²) >= 11 is 3.38. The maximum Gasteiger partial charge on any atom is 0.258 e. The molecule has 19 heavy (non-hydrogen) atoms. The molecule has 0 aliphatic heterocycles. The van der Waals surface area contributed by atoms with Crippen molar-refractivity contribution in [3.05, 3.63) is 53.0 Å². The van der Waals surface area contributed by atoms with Crippen molar-refractivity contribution in [2.45, 2.75) is 0 Å². The summed E-state index contributed by atoms with van der Waals surface area (Å²) in [6.07, 6.45) is 0. The van der Waals surface area contributed by atoms with Crippen LogP contribution in [0.15, 0.2) is 57.5 Å². The lowest BCUT2D eigenvalue weighted by molar-refractivity contribution is 0.431. The highest BCUT2D eigenvalue weighted by atomic mass is 79.9. The number of benzene rings is 2. The van der Waals surface area contributed by atoms with Crippen molar-refractivity contribution in [3.63, 3.8) is 0 Å². The van der Waals surface area contributed by atoms with Crippen molar-refractivity contribution >= 4 is 15.9 Å². The van der Waals surface area contributed by atoms with E-state index < -0.39 is 0 Å². The van der Waals surface area contributed by atoms with E-state index in [1.807, 2.05) is 24.3 Å². The van der Waals surface area contributed by atoms with E-state index in [4.69, 9.17) is 4.52 Å². The summed E-state index contributed by atoms with van der Waals surface area (Å²) < 4.78 is 6.20. The third kappa shape index (κ3) is 2.51. The molecule has 0 fully saturated rings. The summed E-state index contributed by atoms with van der Waals surface area (Å²) in [5.41, 5.74) is 1.56. The van der Waals surface area contributed by atoms with Crippen LogP contribution in [-0.4, -0.2) is 15.2 Å². The number of aromatic hydroxyl groups is 1. The molecule has 0 radical (unpaired) electrons. The molecule has 1 heterocycles. The fraction of sp³-hybridized carbons (Fsp3) is 0. The van der Waals surface area contributed by atoms with Crippen LogP contribution in [-0.2, 0) is 0 Å². The van der Waals surface area contributed by atoms with Gasteiger partial charge in [0, 0.05) is 15.6 Å². The first kappa shape index (κ1) is 11.9. The van der Waals surface area contributed by atoms with Crippen LogP contribution in [0.1, 0.15) is 0 Å². The van der Waals surface area contributed by atoms with Gasteiger partial charge >= 0.3 is 0 Å². The predicted molar refractivity (Wildman–Crippen MR) is 74.5 cm³/mol. The third-order valence-electron chi connectivity index (χ3n) is 2.62. The molecular weight excluding hydrogens is 308 g/mol. The molecule has 1 aromatic heterocycles. The summed E-state index contributed by atoms with van der Waals surface area (Å²) in [7, 11) is 0. The third-order valence-corrected chi connectivity index (χ3v) is 3.15. The van der Waals surface area contributed by atoms with Gasteiger partial charge in [-0.1, -0.05) is 27.2 Å². The molecule has 0 unspecified atom stereocenters. The molecule has 0 aliphatic carbocycles. The van der Waals surface area contributed by atoms with Gasteiger partial charge in [0.15, 0.2) is 0 Å². The van der Waals surface area contributed by atoms with Crippen molar-refractivity contribution in [2.24, 2.45) is 0 Å². The summed E-state index contributed by atoms with van der Waals surface area (Å²) in [4.78, 5) is 4.32. The molecule has 4 nitrogen and oxygen atoms in total. The minimum atomic E-state index is 0.167. The van der Waals surface area contributed by atoms with Crippen LogP contribution < -0.4 is 0 Å². The van der Waals surface area contributed by atoms with Crippen molar-refractivity contribution in [1.29, 1.82) is 0 Å². The Morgan fingerprint density at radius 2 is 1.79 bits per heavy atom. The first-order valence-corrected chi connectivity index (χ1v) is 6.41. The fourth-order valence-corrected chi connectivity index (χ4v) is 1.96. The van der Waals surface area contributed by atoms with Crippen LogP contribution >= 0.6 is 15.9 Å². The number of rotatable bonds is 2. The van der Waals surface area contributed by atoms with E-state index in [0.717, 1.165) is 10.0 Å². The number of hydrogen-bond acceptors (Lipinski definition) is 4. The summed E-state index contributed by atoms with van der Waals surface area (Å²) in [6.45, 7) is 0. The highest BCUT2D eigenvalue weighted by Gasteiger charge is 2.10. The molecule has 0 spiro atoms. The average molecular weight is 317 g/mol. The molecule has 0 saturated heterocycles. The fourth-order valence-electron chi connectivity index (χ4n) is 1.70. The van der Waals surface area contributed by atoms with Crippen molar-refractivity contribution in [3.8, 4) is 28.6 Å². The zero-order valence-electron chi connectivity index (χ0n) is 9.75. The van der Waals surface area contributed by atoms with Gasteiger partial charge in [0.2, 0.25) is 5.82 Å². The van der Waals surface area contributed by atoms with Crippen LogP contribution in [0, 0.1) is 0 Å². The van der Waals surface area contributed by atoms with Gasteiger partial charge in [0.1, 0.15) is 5.75 Å². The number of aromatic nitrogens is 2. The van der Waals surface area contributed by atoms with Gasteiger partial charge < -0.3 is 9.63 Å². The Bertz CT molecular complexity index is 707. The minimum absolute atomic E-state index is 0.167. The van der Waals surface area contributed by atoms with Gasteiger partial charge in [0.25, 0.3) is 5.89 Å². The Morgan fingerprint density at radius 3 is 2.53 bits per heavy atom. The topological polar surface area (TPSA) is 59.2 Å². The van der Waals surface area contributed by atoms with Crippen molar-refractivity contribution in [1.82, 2.24) is 10.1 Å². The van der Waals surface area contributed by atoms with Crippen LogP contribution in [0.2, 0.25) is 0 Å². The van der Waals surface area contributed by atoms with E-state index in [9.17, 15) is 5.11 Å².